The first-order valence-corrected chi connectivity index (χ1v) is 7.38. The smallest absolute Gasteiger partial charge is 0.410 e. The Balaban J connectivity index is 2.21. The van der Waals surface area contributed by atoms with Crippen molar-refractivity contribution in [1.82, 2.24) is 20.3 Å². The van der Waals surface area contributed by atoms with Gasteiger partial charge in [0.05, 0.1) is 0 Å². The number of aromatic carboxylic acids is 1. The summed E-state index contributed by atoms with van der Waals surface area (Å²) in [6, 6.07) is -0.141. The van der Waals surface area contributed by atoms with E-state index in [-0.39, 0.29) is 23.7 Å². The van der Waals surface area contributed by atoms with Crippen LogP contribution in [-0.4, -0.2) is 55.7 Å². The highest BCUT2D eigenvalue weighted by molar-refractivity contribution is 5.86. The molecule has 0 aliphatic carbocycles. The predicted molar refractivity (Wildman–Crippen MR) is 77.7 cm³/mol. The van der Waals surface area contributed by atoms with E-state index in [0.717, 1.165) is 0 Å². The predicted octanol–water partition coefficient (Wildman–Crippen LogP) is 2.01. The van der Waals surface area contributed by atoms with Gasteiger partial charge in [-0.15, -0.1) is 5.10 Å². The number of H-pyrrole nitrogens is 1. The maximum Gasteiger partial charge on any atom is 0.410 e. The molecule has 8 nitrogen and oxygen atoms in total. The van der Waals surface area contributed by atoms with Crippen molar-refractivity contribution in [2.75, 3.05) is 6.54 Å². The molecule has 122 valence electrons. The minimum absolute atomic E-state index is 0.0745. The van der Waals surface area contributed by atoms with E-state index < -0.39 is 11.6 Å². The number of likely N-dealkylation sites (tertiary alicyclic amines) is 1. The highest BCUT2D eigenvalue weighted by atomic mass is 16.6. The molecule has 0 saturated carbocycles. The number of ether oxygens (including phenoxy) is 1. The fourth-order valence-electron chi connectivity index (χ4n) is 2.88. The maximum absolute atomic E-state index is 12.3. The largest absolute Gasteiger partial charge is 0.476 e. The normalized spacial score (nSPS) is 21.9. The van der Waals surface area contributed by atoms with Gasteiger partial charge in [0.1, 0.15) is 11.3 Å². The van der Waals surface area contributed by atoms with E-state index in [0.29, 0.717) is 25.1 Å². The summed E-state index contributed by atoms with van der Waals surface area (Å²) in [5.41, 5.74) is -0.229. The second-order valence-corrected chi connectivity index (χ2v) is 6.41. The lowest BCUT2D eigenvalue weighted by Crippen LogP contribution is -2.41. The molecule has 0 spiro atoms. The van der Waals surface area contributed by atoms with E-state index >= 15 is 0 Å². The average molecular weight is 310 g/mol. The molecule has 2 heterocycles. The molecule has 2 rings (SSSR count). The van der Waals surface area contributed by atoms with Crippen molar-refractivity contribution >= 4 is 12.1 Å². The Bertz CT molecular complexity index is 563. The van der Waals surface area contributed by atoms with Crippen LogP contribution in [0.25, 0.3) is 0 Å². The number of carboxylic acid groups (broad SMARTS) is 1. The fraction of sp³-hybridized carbons (Fsp3) is 0.714. The molecule has 1 saturated heterocycles. The van der Waals surface area contributed by atoms with Crippen LogP contribution in [0.15, 0.2) is 0 Å². The van der Waals surface area contributed by atoms with E-state index in [1.54, 1.807) is 4.90 Å². The molecule has 1 fully saturated rings. The molecule has 1 aliphatic heterocycles. The van der Waals surface area contributed by atoms with Crippen LogP contribution in [0.4, 0.5) is 4.79 Å². The summed E-state index contributed by atoms with van der Waals surface area (Å²) < 4.78 is 5.42. The number of carboxylic acids is 1. The third-order valence-corrected chi connectivity index (χ3v) is 3.72. The fourth-order valence-corrected chi connectivity index (χ4v) is 2.88. The van der Waals surface area contributed by atoms with E-state index in [1.165, 1.54) is 0 Å². The van der Waals surface area contributed by atoms with Crippen molar-refractivity contribution in [1.29, 1.82) is 0 Å². The number of carbonyl (C=O) groups excluding carboxylic acids is 1. The second kappa shape index (κ2) is 5.94. The lowest BCUT2D eigenvalue weighted by Gasteiger charge is -2.29. The molecule has 2 atom stereocenters. The van der Waals surface area contributed by atoms with Gasteiger partial charge in [-0.05, 0) is 33.6 Å². The minimum atomic E-state index is -1.12. The Hall–Kier alpha value is -2.12. The van der Waals surface area contributed by atoms with E-state index in [4.69, 9.17) is 4.74 Å². The first kappa shape index (κ1) is 16.3. The second-order valence-electron chi connectivity index (χ2n) is 6.41. The number of aromatic nitrogens is 3. The van der Waals surface area contributed by atoms with Crippen molar-refractivity contribution in [2.45, 2.75) is 58.1 Å². The number of aromatic amines is 1. The molecule has 1 aromatic heterocycles. The number of nitrogens with zero attached hydrogens (tertiary/aromatic N) is 3. The molecular formula is C14H22N4O4. The highest BCUT2D eigenvalue weighted by Gasteiger charge is 2.41. The van der Waals surface area contributed by atoms with Crippen molar-refractivity contribution in [3.8, 4) is 0 Å². The van der Waals surface area contributed by atoms with Crippen LogP contribution in [0.5, 0.6) is 0 Å². The Kier molecular flexibility index (Phi) is 4.39. The number of rotatable bonds is 3. The number of nitrogens with one attached hydrogen (secondary N) is 1. The van der Waals surface area contributed by atoms with Crippen LogP contribution in [0.1, 0.15) is 62.6 Å². The summed E-state index contributed by atoms with van der Waals surface area (Å²) in [6.07, 6.45) is 0.961. The molecule has 2 N–H and O–H groups in total. The molecule has 0 radical (unpaired) electrons. The number of hydrogen-bond acceptors (Lipinski definition) is 5. The third-order valence-electron chi connectivity index (χ3n) is 3.72. The van der Waals surface area contributed by atoms with Crippen LogP contribution in [0, 0.1) is 0 Å². The minimum Gasteiger partial charge on any atom is -0.476 e. The van der Waals surface area contributed by atoms with Crippen molar-refractivity contribution in [2.24, 2.45) is 0 Å². The average Bonchev–Trinajstić information content (AvgIpc) is 3.02. The lowest BCUT2D eigenvalue weighted by molar-refractivity contribution is 0.0216. The maximum atomic E-state index is 12.3. The molecule has 8 heteroatoms. The van der Waals surface area contributed by atoms with Gasteiger partial charge in [0.25, 0.3) is 0 Å². The molecule has 1 aliphatic rings. The monoisotopic (exact) mass is 310 g/mol. The lowest BCUT2D eigenvalue weighted by atomic mass is 9.93. The third kappa shape index (κ3) is 3.20. The Morgan fingerprint density at radius 2 is 2.09 bits per heavy atom. The Labute approximate surface area is 128 Å². The quantitative estimate of drug-likeness (QED) is 0.884. The van der Waals surface area contributed by atoms with E-state index in [2.05, 4.69) is 15.4 Å². The van der Waals surface area contributed by atoms with Crippen molar-refractivity contribution in [3.05, 3.63) is 11.4 Å². The molecule has 22 heavy (non-hydrogen) atoms. The van der Waals surface area contributed by atoms with Gasteiger partial charge in [0.15, 0.2) is 5.69 Å². The topological polar surface area (TPSA) is 108 Å². The molecule has 1 amide bonds. The van der Waals surface area contributed by atoms with Gasteiger partial charge in [0, 0.05) is 18.5 Å². The Morgan fingerprint density at radius 3 is 2.64 bits per heavy atom. The van der Waals surface area contributed by atoms with Crippen LogP contribution >= 0.6 is 0 Å². The van der Waals surface area contributed by atoms with Crippen molar-refractivity contribution in [3.63, 3.8) is 0 Å². The zero-order valence-corrected chi connectivity index (χ0v) is 13.3. The summed E-state index contributed by atoms with van der Waals surface area (Å²) in [4.78, 5) is 25.2. The van der Waals surface area contributed by atoms with Crippen LogP contribution < -0.4 is 0 Å². The van der Waals surface area contributed by atoms with Gasteiger partial charge < -0.3 is 14.7 Å². The molecule has 2 unspecified atom stereocenters. The summed E-state index contributed by atoms with van der Waals surface area (Å²) in [5.74, 6) is -1.27. The van der Waals surface area contributed by atoms with Gasteiger partial charge in [-0.25, -0.2) is 9.59 Å². The molecule has 0 bridgehead atoms. The first-order chi connectivity index (χ1) is 10.2. The van der Waals surface area contributed by atoms with Crippen molar-refractivity contribution < 1.29 is 19.4 Å². The zero-order chi connectivity index (χ0) is 16.5. The number of carbonyl (C=O) groups is 2. The zero-order valence-electron chi connectivity index (χ0n) is 13.3. The van der Waals surface area contributed by atoms with E-state index in [1.807, 2.05) is 27.7 Å². The molecule has 1 aromatic rings. The summed E-state index contributed by atoms with van der Waals surface area (Å²) >= 11 is 0. The van der Waals surface area contributed by atoms with E-state index in [9.17, 15) is 14.7 Å². The summed E-state index contributed by atoms with van der Waals surface area (Å²) in [7, 11) is 0. The SMILES string of the molecule is CCC1C(c2n[nH]nc2C(=O)O)CCN1C(=O)OC(C)(C)C. The number of hydrogen-bond donors (Lipinski definition) is 2. The van der Waals surface area contributed by atoms with Gasteiger partial charge in [-0.3, -0.25) is 0 Å². The number of amides is 1. The van der Waals surface area contributed by atoms with Gasteiger partial charge in [0.2, 0.25) is 0 Å². The Morgan fingerprint density at radius 1 is 1.41 bits per heavy atom. The summed E-state index contributed by atoms with van der Waals surface area (Å²) in [5, 5.41) is 19.2. The van der Waals surface area contributed by atoms with Gasteiger partial charge >= 0.3 is 12.1 Å². The highest BCUT2D eigenvalue weighted by Crippen LogP contribution is 2.36. The molecule has 0 aromatic carbocycles. The van der Waals surface area contributed by atoms with Gasteiger partial charge in [-0.2, -0.15) is 10.3 Å². The van der Waals surface area contributed by atoms with Gasteiger partial charge in [-0.1, -0.05) is 6.92 Å². The van der Waals surface area contributed by atoms with Crippen LogP contribution in [0.2, 0.25) is 0 Å². The van der Waals surface area contributed by atoms with Crippen LogP contribution in [0.3, 0.4) is 0 Å². The first-order valence-electron chi connectivity index (χ1n) is 7.38. The van der Waals surface area contributed by atoms with Crippen LogP contribution in [-0.2, 0) is 4.74 Å². The molecular weight excluding hydrogens is 288 g/mol. The summed E-state index contributed by atoms with van der Waals surface area (Å²) in [6.45, 7) is 7.93. The standard InChI is InChI=1S/C14H22N4O4/c1-5-9-8(10-11(12(19)20)16-17-15-10)6-7-18(9)13(21)22-14(2,3)4/h8-9H,5-7H2,1-4H3,(H,19,20)(H,15,16,17).